The summed E-state index contributed by atoms with van der Waals surface area (Å²) in [6.45, 7) is 0. The van der Waals surface area contributed by atoms with E-state index in [1.807, 2.05) is 5.10 Å². The molecule has 0 fully saturated rings. The molecule has 0 aliphatic carbocycles. The molecule has 2 heterocycles. The van der Waals surface area contributed by atoms with E-state index in [2.05, 4.69) is 20.2 Å². The monoisotopic (exact) mass is 416 g/mol. The predicted molar refractivity (Wildman–Crippen MR) is 97.9 cm³/mol. The van der Waals surface area contributed by atoms with Gasteiger partial charge in [0.1, 0.15) is 0 Å². The highest BCUT2D eigenvalue weighted by Crippen LogP contribution is 2.26. The summed E-state index contributed by atoms with van der Waals surface area (Å²) in [6, 6.07) is 17.3. The highest BCUT2D eigenvalue weighted by atomic mass is 32.1. The van der Waals surface area contributed by atoms with Crippen LogP contribution in [0.15, 0.2) is 65.7 Å². The van der Waals surface area contributed by atoms with Gasteiger partial charge in [0.05, 0.1) is 5.69 Å². The van der Waals surface area contributed by atoms with Crippen molar-refractivity contribution in [1.29, 1.82) is 0 Å². The molecule has 0 saturated heterocycles. The molecule has 0 atom stereocenters. The van der Waals surface area contributed by atoms with Crippen molar-refractivity contribution in [1.82, 2.24) is 25.0 Å². The zero-order valence-electron chi connectivity index (χ0n) is 14.5. The highest BCUT2D eigenvalue weighted by Gasteiger charge is 2.35. The van der Waals surface area contributed by atoms with Gasteiger partial charge in [0.2, 0.25) is 16.4 Å². The van der Waals surface area contributed by atoms with Crippen LogP contribution in [-0.4, -0.2) is 30.7 Å². The number of carbonyl (C=O) groups excluding carboxylic acids is 1. The number of ketones is 1. The Morgan fingerprint density at radius 3 is 2.31 bits per heavy atom. The summed E-state index contributed by atoms with van der Waals surface area (Å²) in [7, 11) is 0. The number of nitrogens with zero attached hydrogens (tertiary/aromatic N) is 5. The smallest absolute Gasteiger partial charge is 0.286 e. The van der Waals surface area contributed by atoms with Crippen molar-refractivity contribution in [3.8, 4) is 5.69 Å². The molecule has 11 heteroatoms. The number of aromatic amines is 1. The molecule has 7 nitrogen and oxygen atoms in total. The molecule has 0 saturated carbocycles. The molecule has 2 aromatic carbocycles. The van der Waals surface area contributed by atoms with Crippen molar-refractivity contribution in [2.75, 3.05) is 0 Å². The van der Waals surface area contributed by atoms with Gasteiger partial charge in [-0.05, 0) is 12.1 Å². The Morgan fingerprint density at radius 2 is 1.69 bits per heavy atom. The average molecular weight is 416 g/mol. The van der Waals surface area contributed by atoms with E-state index in [4.69, 9.17) is 0 Å². The molecule has 0 spiro atoms. The van der Waals surface area contributed by atoms with Gasteiger partial charge in [-0.2, -0.15) is 28.2 Å². The Labute approximate surface area is 165 Å². The fourth-order valence-corrected chi connectivity index (χ4v) is 3.28. The topological polar surface area (TPSA) is 88.8 Å². The van der Waals surface area contributed by atoms with Crippen LogP contribution in [0.2, 0.25) is 0 Å². The molecule has 2 aromatic heterocycles. The number of halogens is 3. The molecule has 29 heavy (non-hydrogen) atoms. The first-order valence-electron chi connectivity index (χ1n) is 8.21. The minimum atomic E-state index is -4.67. The molecular formula is C18H11F3N6OS. The van der Waals surface area contributed by atoms with E-state index >= 15 is 0 Å². The number of rotatable bonds is 4. The maximum absolute atomic E-state index is 12.7. The average Bonchev–Trinajstić information content (AvgIpc) is 3.36. The van der Waals surface area contributed by atoms with Crippen LogP contribution in [0.3, 0.4) is 0 Å². The van der Waals surface area contributed by atoms with Gasteiger partial charge < -0.3 is 0 Å². The van der Waals surface area contributed by atoms with E-state index in [1.54, 1.807) is 60.7 Å². The van der Waals surface area contributed by atoms with E-state index in [-0.39, 0.29) is 15.6 Å². The lowest BCUT2D eigenvalue weighted by Gasteiger charge is -2.00. The van der Waals surface area contributed by atoms with Gasteiger partial charge in [-0.15, -0.1) is 5.10 Å². The first-order chi connectivity index (χ1) is 13.9. The maximum atomic E-state index is 12.7. The molecule has 0 aliphatic rings. The van der Waals surface area contributed by atoms with Crippen LogP contribution in [0, 0.1) is 0 Å². The van der Waals surface area contributed by atoms with Crippen LogP contribution in [0.4, 0.5) is 19.1 Å². The first kappa shape index (κ1) is 18.7. The predicted octanol–water partition coefficient (Wildman–Crippen LogP) is 3.53. The van der Waals surface area contributed by atoms with Crippen molar-refractivity contribution in [2.45, 2.75) is 6.18 Å². The summed E-state index contributed by atoms with van der Waals surface area (Å²) >= 11 is 0.929. The molecule has 0 aliphatic heterocycles. The Kier molecular flexibility index (Phi) is 4.80. The number of hydrogen-bond acceptors (Lipinski definition) is 6. The van der Waals surface area contributed by atoms with E-state index in [9.17, 15) is 18.0 Å². The summed E-state index contributed by atoms with van der Waals surface area (Å²) in [6.07, 6.45) is -4.67. The van der Waals surface area contributed by atoms with E-state index in [0.717, 1.165) is 11.3 Å². The number of carbonyl (C=O) groups is 1. The summed E-state index contributed by atoms with van der Waals surface area (Å²) < 4.78 is 39.6. The number of nitrogens with one attached hydrogen (secondary N) is 1. The molecule has 0 amide bonds. The van der Waals surface area contributed by atoms with Crippen LogP contribution >= 0.6 is 11.3 Å². The molecule has 146 valence electrons. The summed E-state index contributed by atoms with van der Waals surface area (Å²) in [5, 5.41) is 9.73. The Hall–Kier alpha value is -3.60. The number of alkyl halides is 3. The van der Waals surface area contributed by atoms with Gasteiger partial charge in [-0.1, -0.05) is 59.9 Å². The van der Waals surface area contributed by atoms with Crippen LogP contribution in [0.25, 0.3) is 5.69 Å². The highest BCUT2D eigenvalue weighted by molar-refractivity contribution is 7.11. The van der Waals surface area contributed by atoms with Crippen molar-refractivity contribution < 1.29 is 18.0 Å². The van der Waals surface area contributed by atoms with Crippen molar-refractivity contribution in [3.63, 3.8) is 0 Å². The number of aromatic nitrogens is 5. The van der Waals surface area contributed by atoms with Crippen LogP contribution in [0.5, 0.6) is 0 Å². The minimum Gasteiger partial charge on any atom is -0.286 e. The van der Waals surface area contributed by atoms with Crippen LogP contribution in [0.1, 0.15) is 21.2 Å². The maximum Gasteiger partial charge on any atom is 0.451 e. The molecular weight excluding hydrogens is 405 g/mol. The third-order valence-corrected chi connectivity index (χ3v) is 4.64. The van der Waals surface area contributed by atoms with Crippen molar-refractivity contribution >= 4 is 23.1 Å². The Bertz CT molecular complexity index is 1210. The van der Waals surface area contributed by atoms with Crippen molar-refractivity contribution in [3.05, 3.63) is 81.9 Å². The summed E-state index contributed by atoms with van der Waals surface area (Å²) in [5.41, 5.74) is 1.02. The summed E-state index contributed by atoms with van der Waals surface area (Å²) in [5.74, 6) is -2.00. The lowest BCUT2D eigenvalue weighted by atomic mass is 10.1. The fourth-order valence-electron chi connectivity index (χ4n) is 2.41. The normalized spacial score (nSPS) is 12.3. The first-order valence-corrected chi connectivity index (χ1v) is 9.03. The number of para-hydroxylation sites is 1. The third-order valence-electron chi connectivity index (χ3n) is 3.73. The van der Waals surface area contributed by atoms with Gasteiger partial charge in [0.25, 0.3) is 5.95 Å². The lowest BCUT2D eigenvalue weighted by Crippen LogP contribution is -2.14. The second-order valence-electron chi connectivity index (χ2n) is 5.73. The SMILES string of the molecule is O=C(c1ccccc1)c1nn(-c2ccccc2)/c(=N/c2n[nH]c(C(F)(F)F)n2)s1. The van der Waals surface area contributed by atoms with E-state index in [1.165, 1.54) is 4.68 Å². The zero-order valence-corrected chi connectivity index (χ0v) is 15.3. The van der Waals surface area contributed by atoms with Gasteiger partial charge >= 0.3 is 6.18 Å². The molecule has 1 N–H and O–H groups in total. The van der Waals surface area contributed by atoms with Crippen molar-refractivity contribution in [2.24, 2.45) is 4.99 Å². The Morgan fingerprint density at radius 1 is 1.03 bits per heavy atom. The second-order valence-corrected chi connectivity index (χ2v) is 6.68. The molecule has 4 rings (SSSR count). The van der Waals surface area contributed by atoms with E-state index in [0.29, 0.717) is 11.3 Å². The molecule has 0 unspecified atom stereocenters. The fraction of sp³-hybridized carbons (Fsp3) is 0.0556. The largest absolute Gasteiger partial charge is 0.451 e. The minimum absolute atomic E-state index is 0.130. The number of hydrogen-bond donors (Lipinski definition) is 1. The quantitative estimate of drug-likeness (QED) is 0.516. The third kappa shape index (κ3) is 3.99. The van der Waals surface area contributed by atoms with Gasteiger partial charge in [-0.3, -0.25) is 9.89 Å². The van der Waals surface area contributed by atoms with Gasteiger partial charge in [-0.25, -0.2) is 4.68 Å². The zero-order chi connectivity index (χ0) is 20.4. The van der Waals surface area contributed by atoms with E-state index < -0.39 is 17.9 Å². The Balaban J connectivity index is 1.83. The molecule has 4 aromatic rings. The number of benzene rings is 2. The second kappa shape index (κ2) is 7.43. The molecule has 0 bridgehead atoms. The van der Waals surface area contributed by atoms with Crippen LogP contribution < -0.4 is 4.80 Å². The molecule has 0 radical (unpaired) electrons. The lowest BCUT2D eigenvalue weighted by molar-refractivity contribution is -0.144. The standard InChI is InChI=1S/C18H11F3N6OS/c19-18(20,21)15-22-16(25-24-15)23-17-27(12-9-5-2-6-10-12)26-14(29-17)13(28)11-7-3-1-4-8-11/h1-10H,(H,22,24,25)/b23-17-. The summed E-state index contributed by atoms with van der Waals surface area (Å²) in [4.78, 5) is 20.3. The van der Waals surface area contributed by atoms with Crippen LogP contribution in [-0.2, 0) is 6.18 Å². The number of H-pyrrole nitrogens is 1. The van der Waals surface area contributed by atoms with Gasteiger partial charge in [0.15, 0.2) is 5.01 Å². The van der Waals surface area contributed by atoms with Gasteiger partial charge in [0, 0.05) is 5.56 Å².